The summed E-state index contributed by atoms with van der Waals surface area (Å²) in [5, 5.41) is 22.0. The van der Waals surface area contributed by atoms with Gasteiger partial charge in [-0.2, -0.15) is 0 Å². The number of carbonyl (C=O) groups is 2. The molecule has 1 fully saturated rings. The second kappa shape index (κ2) is 10.5. The summed E-state index contributed by atoms with van der Waals surface area (Å²) < 4.78 is 20.8. The van der Waals surface area contributed by atoms with Gasteiger partial charge >= 0.3 is 12.1 Å². The highest BCUT2D eigenvalue weighted by Gasteiger charge is 2.41. The maximum absolute atomic E-state index is 15.3. The third kappa shape index (κ3) is 6.33. The minimum atomic E-state index is -1.43. The van der Waals surface area contributed by atoms with Crippen LogP contribution in [-0.2, 0) is 16.8 Å². The Morgan fingerprint density at radius 1 is 1.14 bits per heavy atom. The van der Waals surface area contributed by atoms with Crippen LogP contribution in [0.1, 0.15) is 74.0 Å². The highest BCUT2D eigenvalue weighted by molar-refractivity contribution is 6.30. The molecule has 0 spiro atoms. The fraction of sp³-hybridized carbons (Fsp3) is 0.481. The van der Waals surface area contributed by atoms with Gasteiger partial charge in [0.05, 0.1) is 11.2 Å². The minimum absolute atomic E-state index is 0.0572. The Morgan fingerprint density at radius 2 is 1.74 bits per heavy atom. The quantitative estimate of drug-likeness (QED) is 0.501. The zero-order valence-corrected chi connectivity index (χ0v) is 21.4. The van der Waals surface area contributed by atoms with Crippen LogP contribution >= 0.6 is 11.6 Å². The van der Waals surface area contributed by atoms with Crippen LogP contribution in [0, 0.1) is 11.7 Å². The van der Waals surface area contributed by atoms with Gasteiger partial charge in [0.2, 0.25) is 0 Å². The molecule has 0 aliphatic carbocycles. The Hall–Kier alpha value is -2.64. The Morgan fingerprint density at radius 3 is 2.26 bits per heavy atom. The van der Waals surface area contributed by atoms with Crippen molar-refractivity contribution in [2.75, 3.05) is 13.1 Å². The summed E-state index contributed by atoms with van der Waals surface area (Å²) in [4.78, 5) is 26.1. The van der Waals surface area contributed by atoms with Gasteiger partial charge < -0.3 is 19.8 Å². The highest BCUT2D eigenvalue weighted by Crippen LogP contribution is 2.41. The Labute approximate surface area is 210 Å². The zero-order valence-electron chi connectivity index (χ0n) is 20.6. The molecule has 2 N–H and O–H groups in total. The van der Waals surface area contributed by atoms with Crippen molar-refractivity contribution in [3.05, 3.63) is 69.5 Å². The van der Waals surface area contributed by atoms with E-state index in [9.17, 15) is 19.8 Å². The standard InChI is InChI=1S/C27H33ClFNO5/c1-5-27(34,18-10-12-30(13-11-18)25(33)35-26(2,3)4)19-15-22(24(31)32)21(23(29)16-19)14-17-6-8-20(28)9-7-17/h6-9,15-16,18,34H,5,10-14H2,1-4H3,(H,31,32)/t27-/m0/s1. The molecule has 0 bridgehead atoms. The Bertz CT molecular complexity index is 1070. The van der Waals surface area contributed by atoms with E-state index in [2.05, 4.69) is 0 Å². The molecule has 1 atom stereocenters. The van der Waals surface area contributed by atoms with Gasteiger partial charge in [0.25, 0.3) is 0 Å². The number of likely N-dealkylation sites (tertiary alicyclic amines) is 1. The number of aromatic carboxylic acids is 1. The molecule has 6 nitrogen and oxygen atoms in total. The first-order chi connectivity index (χ1) is 16.3. The number of piperidine rings is 1. The van der Waals surface area contributed by atoms with E-state index in [4.69, 9.17) is 16.3 Å². The van der Waals surface area contributed by atoms with Gasteiger partial charge in [-0.15, -0.1) is 0 Å². The van der Waals surface area contributed by atoms with Crippen LogP contribution in [0.5, 0.6) is 0 Å². The maximum atomic E-state index is 15.3. The van der Waals surface area contributed by atoms with Crippen molar-refractivity contribution in [2.45, 2.75) is 64.6 Å². The number of carboxylic acids is 1. The monoisotopic (exact) mass is 505 g/mol. The fourth-order valence-corrected chi connectivity index (χ4v) is 4.78. The van der Waals surface area contributed by atoms with Crippen molar-refractivity contribution in [3.63, 3.8) is 0 Å². The molecule has 0 aromatic heterocycles. The molecular formula is C27H33ClFNO5. The van der Waals surface area contributed by atoms with Crippen LogP contribution in [0.15, 0.2) is 36.4 Å². The number of nitrogens with zero attached hydrogens (tertiary/aromatic N) is 1. The summed E-state index contributed by atoms with van der Waals surface area (Å²) in [6.07, 6.45) is 0.935. The lowest BCUT2D eigenvalue weighted by molar-refractivity contribution is -0.0548. The molecule has 0 unspecified atom stereocenters. The number of halogens is 2. The molecule has 8 heteroatoms. The third-order valence-corrected chi connectivity index (χ3v) is 6.83. The summed E-state index contributed by atoms with van der Waals surface area (Å²) in [5.74, 6) is -2.20. The number of ether oxygens (including phenoxy) is 1. The number of amides is 1. The molecule has 35 heavy (non-hydrogen) atoms. The van der Waals surface area contributed by atoms with Crippen molar-refractivity contribution in [3.8, 4) is 0 Å². The van der Waals surface area contributed by atoms with Crippen LogP contribution in [-0.4, -0.2) is 45.9 Å². The molecule has 0 saturated carbocycles. The molecule has 1 heterocycles. The summed E-state index contributed by atoms with van der Waals surface area (Å²) >= 11 is 5.92. The molecule has 1 aliphatic rings. The second-order valence-corrected chi connectivity index (χ2v) is 10.5. The van der Waals surface area contributed by atoms with Crippen molar-refractivity contribution >= 4 is 23.7 Å². The lowest BCUT2D eigenvalue weighted by Gasteiger charge is -2.42. The van der Waals surface area contributed by atoms with Gasteiger partial charge in [0.15, 0.2) is 0 Å². The first-order valence-electron chi connectivity index (χ1n) is 11.8. The molecule has 0 radical (unpaired) electrons. The van der Waals surface area contributed by atoms with Crippen molar-refractivity contribution in [1.29, 1.82) is 0 Å². The van der Waals surface area contributed by atoms with E-state index in [0.29, 0.717) is 31.0 Å². The lowest BCUT2D eigenvalue weighted by Crippen LogP contribution is -2.46. The number of rotatable bonds is 6. The minimum Gasteiger partial charge on any atom is -0.478 e. The molecule has 1 saturated heterocycles. The van der Waals surface area contributed by atoms with Crippen LogP contribution < -0.4 is 0 Å². The van der Waals surface area contributed by atoms with Crippen LogP contribution in [0.3, 0.4) is 0 Å². The Kier molecular flexibility index (Phi) is 8.12. The number of carboxylic acid groups (broad SMARTS) is 1. The molecule has 2 aromatic rings. The second-order valence-electron chi connectivity index (χ2n) is 10.1. The average Bonchev–Trinajstić information content (AvgIpc) is 2.79. The summed E-state index contributed by atoms with van der Waals surface area (Å²) in [6, 6.07) is 9.43. The normalized spacial score (nSPS) is 16.6. The van der Waals surface area contributed by atoms with Crippen molar-refractivity contribution in [1.82, 2.24) is 4.90 Å². The molecular weight excluding hydrogens is 473 g/mol. The summed E-state index contributed by atoms with van der Waals surface area (Å²) in [7, 11) is 0. The van der Waals surface area contributed by atoms with E-state index >= 15 is 4.39 Å². The predicted octanol–water partition coefficient (Wildman–Crippen LogP) is 6.01. The SMILES string of the molecule is CC[C@@](O)(c1cc(F)c(Cc2ccc(Cl)cc2)c(C(=O)O)c1)C1CCN(C(=O)OC(C)(C)C)CC1. The third-order valence-electron chi connectivity index (χ3n) is 6.58. The molecule has 2 aromatic carbocycles. The largest absolute Gasteiger partial charge is 0.478 e. The number of benzene rings is 2. The molecule has 190 valence electrons. The van der Waals surface area contributed by atoms with E-state index in [1.165, 1.54) is 12.1 Å². The number of hydrogen-bond acceptors (Lipinski definition) is 4. The smallest absolute Gasteiger partial charge is 0.410 e. The van der Waals surface area contributed by atoms with Crippen molar-refractivity contribution < 1.29 is 28.9 Å². The number of carbonyl (C=O) groups excluding carboxylic acids is 1. The van der Waals surface area contributed by atoms with Gasteiger partial charge in [-0.25, -0.2) is 14.0 Å². The summed E-state index contributed by atoms with van der Waals surface area (Å²) in [5.41, 5.74) is -1.18. The first-order valence-corrected chi connectivity index (χ1v) is 12.2. The topological polar surface area (TPSA) is 87.1 Å². The predicted molar refractivity (Wildman–Crippen MR) is 132 cm³/mol. The highest BCUT2D eigenvalue weighted by atomic mass is 35.5. The van der Waals surface area contributed by atoms with Crippen molar-refractivity contribution in [2.24, 2.45) is 5.92 Å². The van der Waals surface area contributed by atoms with E-state index in [1.54, 1.807) is 56.9 Å². The van der Waals surface area contributed by atoms with Crippen LogP contribution in [0.25, 0.3) is 0 Å². The zero-order chi connectivity index (χ0) is 26.0. The first kappa shape index (κ1) is 27.0. The van der Waals surface area contributed by atoms with E-state index < -0.39 is 29.1 Å². The Balaban J connectivity index is 1.86. The van der Waals surface area contributed by atoms with Gasteiger partial charge in [-0.1, -0.05) is 30.7 Å². The molecule has 1 amide bonds. The summed E-state index contributed by atoms with van der Waals surface area (Å²) in [6.45, 7) is 7.99. The van der Waals surface area contributed by atoms with E-state index in [-0.39, 0.29) is 35.4 Å². The average molecular weight is 506 g/mol. The molecule has 1 aliphatic heterocycles. The van der Waals surface area contributed by atoms with E-state index in [0.717, 1.165) is 5.56 Å². The van der Waals surface area contributed by atoms with Gasteiger partial charge in [0.1, 0.15) is 11.4 Å². The van der Waals surface area contributed by atoms with Gasteiger partial charge in [0, 0.05) is 30.1 Å². The van der Waals surface area contributed by atoms with Gasteiger partial charge in [-0.05, 0) is 81.3 Å². The molecule has 3 rings (SSSR count). The lowest BCUT2D eigenvalue weighted by atomic mass is 9.73. The maximum Gasteiger partial charge on any atom is 0.410 e. The number of hydrogen-bond donors (Lipinski definition) is 2. The number of aliphatic hydroxyl groups is 1. The van der Waals surface area contributed by atoms with Crippen LogP contribution in [0.4, 0.5) is 9.18 Å². The van der Waals surface area contributed by atoms with Crippen LogP contribution in [0.2, 0.25) is 5.02 Å². The van der Waals surface area contributed by atoms with Gasteiger partial charge in [-0.3, -0.25) is 0 Å². The van der Waals surface area contributed by atoms with E-state index in [1.807, 2.05) is 0 Å². The fourth-order valence-electron chi connectivity index (χ4n) is 4.66.